The molecule has 2 rings (SSSR count). The van der Waals surface area contributed by atoms with E-state index in [4.69, 9.17) is 5.11 Å². The fraction of sp³-hybridized carbons (Fsp3) is 0.375. The van der Waals surface area contributed by atoms with E-state index in [9.17, 15) is 14.0 Å². The first-order valence-electron chi connectivity index (χ1n) is 6.90. The first kappa shape index (κ1) is 15.2. The average Bonchev–Trinajstić information content (AvgIpc) is 2.75. The zero-order valence-electron chi connectivity index (χ0n) is 12.0. The quantitative estimate of drug-likeness (QED) is 0.871. The van der Waals surface area contributed by atoms with E-state index in [0.717, 1.165) is 12.5 Å². The van der Waals surface area contributed by atoms with Gasteiger partial charge in [0, 0.05) is 29.8 Å². The molecule has 2 atom stereocenters. The van der Waals surface area contributed by atoms with Gasteiger partial charge >= 0.3 is 5.97 Å². The number of amides is 1. The molecule has 4 nitrogen and oxygen atoms in total. The van der Waals surface area contributed by atoms with E-state index in [0.29, 0.717) is 18.0 Å². The van der Waals surface area contributed by atoms with Gasteiger partial charge in [-0.3, -0.25) is 4.79 Å². The standard InChI is InChI=1S/C16H18FNO3/c1-10-7-11(2)18(9-10)16(21)13-4-3-12(14(17)8-13)5-6-15(19)20/h3-6,8,10-11H,7,9H2,1-2H3,(H,19,20)/b6-5+. The Hall–Kier alpha value is -2.17. The summed E-state index contributed by atoms with van der Waals surface area (Å²) in [5.74, 6) is -1.47. The van der Waals surface area contributed by atoms with Crippen molar-refractivity contribution in [2.75, 3.05) is 6.54 Å². The van der Waals surface area contributed by atoms with Crippen molar-refractivity contribution in [2.24, 2.45) is 5.92 Å². The van der Waals surface area contributed by atoms with Crippen molar-refractivity contribution in [3.8, 4) is 0 Å². The largest absolute Gasteiger partial charge is 0.478 e. The van der Waals surface area contributed by atoms with Crippen LogP contribution in [0.4, 0.5) is 4.39 Å². The summed E-state index contributed by atoms with van der Waals surface area (Å²) in [6, 6.07) is 4.27. The van der Waals surface area contributed by atoms with Crippen LogP contribution in [-0.4, -0.2) is 34.5 Å². The van der Waals surface area contributed by atoms with Crippen LogP contribution in [0.2, 0.25) is 0 Å². The summed E-state index contributed by atoms with van der Waals surface area (Å²) in [4.78, 5) is 24.6. The number of carboxylic acid groups (broad SMARTS) is 1. The summed E-state index contributed by atoms with van der Waals surface area (Å²) in [7, 11) is 0. The van der Waals surface area contributed by atoms with Crippen molar-refractivity contribution in [1.29, 1.82) is 0 Å². The molecule has 0 bridgehead atoms. The molecule has 1 heterocycles. The molecule has 1 fully saturated rings. The Kier molecular flexibility index (Phi) is 4.40. The fourth-order valence-corrected chi connectivity index (χ4v) is 2.71. The van der Waals surface area contributed by atoms with Gasteiger partial charge in [-0.05, 0) is 37.5 Å². The number of halogens is 1. The molecule has 2 unspecified atom stereocenters. The Labute approximate surface area is 122 Å². The zero-order chi connectivity index (χ0) is 15.6. The van der Waals surface area contributed by atoms with Gasteiger partial charge in [-0.1, -0.05) is 13.0 Å². The van der Waals surface area contributed by atoms with E-state index in [2.05, 4.69) is 6.92 Å². The van der Waals surface area contributed by atoms with Gasteiger partial charge in [0.15, 0.2) is 0 Å². The number of rotatable bonds is 3. The minimum Gasteiger partial charge on any atom is -0.478 e. The highest BCUT2D eigenvalue weighted by molar-refractivity contribution is 5.95. The van der Waals surface area contributed by atoms with Gasteiger partial charge in [-0.2, -0.15) is 0 Å². The van der Waals surface area contributed by atoms with Crippen molar-refractivity contribution < 1.29 is 19.1 Å². The molecule has 0 spiro atoms. The minimum atomic E-state index is -1.14. The third-order valence-electron chi connectivity index (χ3n) is 3.70. The van der Waals surface area contributed by atoms with Crippen molar-refractivity contribution >= 4 is 18.0 Å². The Bertz CT molecular complexity index is 597. The summed E-state index contributed by atoms with van der Waals surface area (Å²) < 4.78 is 13.9. The maximum atomic E-state index is 13.9. The molecular weight excluding hydrogens is 273 g/mol. The van der Waals surface area contributed by atoms with Crippen LogP contribution in [0.1, 0.15) is 36.2 Å². The highest BCUT2D eigenvalue weighted by Crippen LogP contribution is 2.25. The normalized spacial score (nSPS) is 22.0. The molecular formula is C16H18FNO3. The Balaban J connectivity index is 2.20. The van der Waals surface area contributed by atoms with E-state index in [1.54, 1.807) is 4.90 Å². The third-order valence-corrected chi connectivity index (χ3v) is 3.70. The number of carbonyl (C=O) groups is 2. The number of likely N-dealkylation sites (tertiary alicyclic amines) is 1. The van der Waals surface area contributed by atoms with Crippen molar-refractivity contribution in [3.05, 3.63) is 41.2 Å². The fourth-order valence-electron chi connectivity index (χ4n) is 2.71. The summed E-state index contributed by atoms with van der Waals surface area (Å²) in [5.41, 5.74) is 0.442. The molecule has 5 heteroatoms. The molecule has 1 saturated heterocycles. The number of hydrogen-bond donors (Lipinski definition) is 1. The maximum absolute atomic E-state index is 13.9. The number of nitrogens with zero attached hydrogens (tertiary/aromatic N) is 1. The monoisotopic (exact) mass is 291 g/mol. The SMILES string of the molecule is CC1CC(C)N(C(=O)c2ccc(/C=C/C(=O)O)c(F)c2)C1. The van der Waals surface area contributed by atoms with Crippen molar-refractivity contribution in [2.45, 2.75) is 26.3 Å². The second kappa shape index (κ2) is 6.08. The van der Waals surface area contributed by atoms with E-state index in [1.807, 2.05) is 6.92 Å². The molecule has 21 heavy (non-hydrogen) atoms. The van der Waals surface area contributed by atoms with Gasteiger partial charge in [0.25, 0.3) is 5.91 Å². The van der Waals surface area contributed by atoms with Gasteiger partial charge in [0.1, 0.15) is 5.82 Å². The van der Waals surface area contributed by atoms with Crippen LogP contribution in [0.15, 0.2) is 24.3 Å². The molecule has 0 aromatic heterocycles. The van der Waals surface area contributed by atoms with Gasteiger partial charge in [-0.25, -0.2) is 9.18 Å². The van der Waals surface area contributed by atoms with Crippen LogP contribution in [0.25, 0.3) is 6.08 Å². The lowest BCUT2D eigenvalue weighted by Crippen LogP contribution is -2.34. The lowest BCUT2D eigenvalue weighted by Gasteiger charge is -2.21. The number of aliphatic carboxylic acids is 1. The van der Waals surface area contributed by atoms with Gasteiger partial charge in [0.2, 0.25) is 0 Å². The molecule has 0 saturated carbocycles. The molecule has 112 valence electrons. The Morgan fingerprint density at radius 1 is 1.38 bits per heavy atom. The van der Waals surface area contributed by atoms with Gasteiger partial charge < -0.3 is 10.0 Å². The number of carbonyl (C=O) groups excluding carboxylic acids is 1. The van der Waals surface area contributed by atoms with Crippen molar-refractivity contribution in [3.63, 3.8) is 0 Å². The van der Waals surface area contributed by atoms with Crippen molar-refractivity contribution in [1.82, 2.24) is 4.90 Å². The molecule has 1 amide bonds. The van der Waals surface area contributed by atoms with Gasteiger partial charge in [0.05, 0.1) is 0 Å². The lowest BCUT2D eigenvalue weighted by atomic mass is 10.1. The number of benzene rings is 1. The van der Waals surface area contributed by atoms with E-state index < -0.39 is 11.8 Å². The smallest absolute Gasteiger partial charge is 0.328 e. The Morgan fingerprint density at radius 3 is 2.62 bits per heavy atom. The molecule has 1 aromatic carbocycles. The second-order valence-electron chi connectivity index (χ2n) is 5.56. The topological polar surface area (TPSA) is 57.6 Å². The van der Waals surface area contributed by atoms with Gasteiger partial charge in [-0.15, -0.1) is 0 Å². The predicted octanol–water partition coefficient (Wildman–Crippen LogP) is 2.79. The molecule has 0 radical (unpaired) electrons. The highest BCUT2D eigenvalue weighted by atomic mass is 19.1. The van der Waals surface area contributed by atoms with E-state index >= 15 is 0 Å². The molecule has 1 aromatic rings. The van der Waals surface area contributed by atoms with Crippen LogP contribution in [0, 0.1) is 11.7 Å². The summed E-state index contributed by atoms with van der Waals surface area (Å²) in [5, 5.41) is 8.54. The first-order chi connectivity index (χ1) is 9.88. The maximum Gasteiger partial charge on any atom is 0.328 e. The van der Waals surface area contributed by atoms with E-state index in [-0.39, 0.29) is 17.5 Å². The van der Waals surface area contributed by atoms with Crippen LogP contribution >= 0.6 is 0 Å². The van der Waals surface area contributed by atoms with Crippen LogP contribution in [0.3, 0.4) is 0 Å². The average molecular weight is 291 g/mol. The predicted molar refractivity (Wildman–Crippen MR) is 77.3 cm³/mol. The lowest BCUT2D eigenvalue weighted by molar-refractivity contribution is -0.131. The highest BCUT2D eigenvalue weighted by Gasteiger charge is 2.30. The molecule has 1 N–H and O–H groups in total. The second-order valence-corrected chi connectivity index (χ2v) is 5.56. The van der Waals surface area contributed by atoms with Crippen LogP contribution in [0.5, 0.6) is 0 Å². The zero-order valence-corrected chi connectivity index (χ0v) is 12.0. The molecule has 0 aliphatic carbocycles. The molecule has 1 aliphatic rings. The summed E-state index contributed by atoms with van der Waals surface area (Å²) >= 11 is 0. The third kappa shape index (κ3) is 3.48. The number of hydrogen-bond acceptors (Lipinski definition) is 2. The first-order valence-corrected chi connectivity index (χ1v) is 6.90. The summed E-state index contributed by atoms with van der Waals surface area (Å²) in [6.07, 6.45) is 2.99. The molecule has 1 aliphatic heterocycles. The Morgan fingerprint density at radius 2 is 2.10 bits per heavy atom. The van der Waals surface area contributed by atoms with Crippen LogP contribution in [-0.2, 0) is 4.79 Å². The van der Waals surface area contributed by atoms with E-state index in [1.165, 1.54) is 24.3 Å². The number of carboxylic acids is 1. The minimum absolute atomic E-state index is 0.150. The summed E-state index contributed by atoms with van der Waals surface area (Å²) in [6.45, 7) is 4.76. The van der Waals surface area contributed by atoms with Crippen LogP contribution < -0.4 is 0 Å².